The summed E-state index contributed by atoms with van der Waals surface area (Å²) in [5, 5.41) is 6.85. The number of aromatic nitrogens is 1. The van der Waals surface area contributed by atoms with Gasteiger partial charge in [0, 0.05) is 37.1 Å². The molecule has 0 atom stereocenters. The third-order valence-electron chi connectivity index (χ3n) is 7.62. The first-order chi connectivity index (χ1) is 21.3. The minimum Gasteiger partial charge on any atom is -0.506 e. The van der Waals surface area contributed by atoms with Crippen LogP contribution in [0.25, 0.3) is 0 Å². The molecule has 2 aliphatic heterocycles. The Kier molecular flexibility index (Phi) is 9.90. The van der Waals surface area contributed by atoms with Crippen molar-refractivity contribution in [3.05, 3.63) is 73.1 Å². The van der Waals surface area contributed by atoms with Gasteiger partial charge in [-0.3, -0.25) is 19.4 Å². The fourth-order valence-corrected chi connectivity index (χ4v) is 7.06. The monoisotopic (exact) mass is 700 g/mol. The zero-order valence-electron chi connectivity index (χ0n) is 24.2. The van der Waals surface area contributed by atoms with Crippen molar-refractivity contribution in [1.29, 1.82) is 0 Å². The van der Waals surface area contributed by atoms with Gasteiger partial charge in [-0.25, -0.2) is 4.79 Å². The van der Waals surface area contributed by atoms with Crippen LogP contribution in [-0.2, 0) is 18.5 Å². The van der Waals surface area contributed by atoms with Gasteiger partial charge in [0.2, 0.25) is 0 Å². The lowest BCUT2D eigenvalue weighted by Gasteiger charge is -2.36. The largest absolute Gasteiger partial charge is 0.506 e. The van der Waals surface area contributed by atoms with E-state index in [0.29, 0.717) is 24.0 Å². The van der Waals surface area contributed by atoms with Crippen molar-refractivity contribution >= 4 is 64.6 Å². The fraction of sp³-hybridized carbons (Fsp3) is 0.367. The van der Waals surface area contributed by atoms with Crippen molar-refractivity contribution in [3.8, 4) is 11.5 Å². The molecule has 0 unspecified atom stereocenters. The van der Waals surface area contributed by atoms with Crippen LogP contribution in [0.15, 0.2) is 44.9 Å². The lowest BCUT2D eigenvalue weighted by Crippen LogP contribution is -2.50. The zero-order valence-corrected chi connectivity index (χ0v) is 27.3. The molecule has 1 aromatic heterocycles. The number of alkyl halides is 3. The highest BCUT2D eigenvalue weighted by Crippen LogP contribution is 2.44. The zero-order chi connectivity index (χ0) is 32.6. The molecule has 2 amide bonds. The topological polar surface area (TPSA) is 106 Å². The first-order valence-corrected chi connectivity index (χ1v) is 15.9. The molecule has 1 saturated heterocycles. The molecule has 1 aliphatic carbocycles. The second-order valence-corrected chi connectivity index (χ2v) is 13.2. The smallest absolute Gasteiger partial charge is 0.362 e. The minimum absolute atomic E-state index is 0.0605. The lowest BCUT2D eigenvalue weighted by molar-refractivity contribution is 0.0891. The summed E-state index contributed by atoms with van der Waals surface area (Å²) in [5.74, 6) is 0.527. The highest BCUT2D eigenvalue weighted by atomic mass is 35.5. The number of methoxy groups -OCH3 is 1. The van der Waals surface area contributed by atoms with Gasteiger partial charge >= 0.3 is 11.4 Å². The van der Waals surface area contributed by atoms with E-state index >= 15 is 0 Å². The number of nitrogens with one attached hydrogen (secondary N) is 1. The molecular formula is C30H29Cl3F2N4O5S. The van der Waals surface area contributed by atoms with E-state index in [1.165, 1.54) is 30.4 Å². The Labute approximate surface area is 277 Å². The lowest BCUT2D eigenvalue weighted by atomic mass is 10.1. The van der Waals surface area contributed by atoms with E-state index in [4.69, 9.17) is 39.5 Å². The average molecular weight is 702 g/mol. The molecule has 1 saturated carbocycles. The summed E-state index contributed by atoms with van der Waals surface area (Å²) in [4.78, 5) is 43.6. The maximum absolute atomic E-state index is 13.3. The number of aromatic hydroxyl groups is 1. The predicted octanol–water partition coefficient (Wildman–Crippen LogP) is 7.07. The van der Waals surface area contributed by atoms with Crippen LogP contribution >= 0.6 is 46.6 Å². The number of halogens is 5. The van der Waals surface area contributed by atoms with Crippen LogP contribution in [0, 0.1) is 0 Å². The molecule has 3 aromatic rings. The Hall–Kier alpha value is -3.03. The molecule has 6 rings (SSSR count). The maximum Gasteiger partial charge on any atom is 0.362 e. The standard InChI is InChI=1S/C16H21N3O2.C14H8Cl3F2NO3S/c1-17-9-11-7-14(15(20)8-12(11)10-17)19-6-2-5-18(16(19)21)13-3-4-13;1-23-8-3-2-7(15)12(11(8)16)24-9-4-10(14(17,18)19)20-13(22)6(9)5-21/h7-8,13,20H,2-6,9-10H2,1H3;2-5H,1H3,(H,20,22). The number of pyridine rings is 1. The number of phenols is 1. The molecule has 0 spiro atoms. The maximum atomic E-state index is 13.3. The molecule has 3 heterocycles. The number of aldehydes is 1. The summed E-state index contributed by atoms with van der Waals surface area (Å²) >= 11 is 17.9. The van der Waals surface area contributed by atoms with Gasteiger partial charge < -0.3 is 19.7 Å². The Morgan fingerprint density at radius 2 is 1.80 bits per heavy atom. The summed E-state index contributed by atoms with van der Waals surface area (Å²) in [5.41, 5.74) is 0.876. The molecule has 240 valence electrons. The number of benzene rings is 2. The number of amides is 2. The van der Waals surface area contributed by atoms with Gasteiger partial charge in [-0.2, -0.15) is 8.78 Å². The first-order valence-electron chi connectivity index (χ1n) is 13.9. The van der Waals surface area contributed by atoms with Crippen molar-refractivity contribution < 1.29 is 28.2 Å². The number of phenolic OH excluding ortho intramolecular Hbond substituents is 1. The van der Waals surface area contributed by atoms with Crippen molar-refractivity contribution in [2.75, 3.05) is 32.1 Å². The van der Waals surface area contributed by atoms with E-state index in [1.807, 2.05) is 22.0 Å². The van der Waals surface area contributed by atoms with Crippen LogP contribution in [0.2, 0.25) is 10.0 Å². The Balaban J connectivity index is 0.000000179. The van der Waals surface area contributed by atoms with Gasteiger partial charge in [0.25, 0.3) is 5.56 Å². The number of anilines is 1. The third-order valence-corrected chi connectivity index (χ3v) is 9.92. The van der Waals surface area contributed by atoms with Crippen LogP contribution in [0.3, 0.4) is 0 Å². The number of ether oxygens (including phenoxy) is 1. The highest BCUT2D eigenvalue weighted by Gasteiger charge is 2.38. The number of nitrogens with zero attached hydrogens (tertiary/aromatic N) is 3. The second-order valence-electron chi connectivity index (χ2n) is 10.9. The molecule has 2 fully saturated rings. The van der Waals surface area contributed by atoms with Gasteiger partial charge in [-0.1, -0.05) is 35.0 Å². The summed E-state index contributed by atoms with van der Waals surface area (Å²) in [6.45, 7) is 3.31. The minimum atomic E-state index is -3.81. The number of aromatic amines is 1. The van der Waals surface area contributed by atoms with Gasteiger partial charge in [0.15, 0.2) is 6.29 Å². The molecule has 45 heavy (non-hydrogen) atoms. The third kappa shape index (κ3) is 7.20. The fourth-order valence-electron chi connectivity index (χ4n) is 5.28. The van der Waals surface area contributed by atoms with Crippen molar-refractivity contribution in [2.24, 2.45) is 0 Å². The number of urea groups is 1. The number of rotatable bonds is 7. The van der Waals surface area contributed by atoms with E-state index in [2.05, 4.69) is 11.9 Å². The van der Waals surface area contributed by atoms with E-state index in [0.717, 1.165) is 56.7 Å². The Morgan fingerprint density at radius 1 is 1.11 bits per heavy atom. The molecule has 2 aromatic carbocycles. The number of fused-ring (bicyclic) bond motifs is 1. The Bertz CT molecular complexity index is 1700. The van der Waals surface area contributed by atoms with E-state index < -0.39 is 16.6 Å². The van der Waals surface area contributed by atoms with E-state index in [9.17, 15) is 28.3 Å². The quantitative estimate of drug-likeness (QED) is 0.201. The molecule has 0 radical (unpaired) electrons. The van der Waals surface area contributed by atoms with Crippen molar-refractivity contribution in [1.82, 2.24) is 14.8 Å². The normalized spacial score (nSPS) is 16.7. The van der Waals surface area contributed by atoms with Crippen molar-refractivity contribution in [2.45, 2.75) is 53.6 Å². The molecule has 3 aliphatic rings. The van der Waals surface area contributed by atoms with Crippen molar-refractivity contribution in [3.63, 3.8) is 0 Å². The molecule has 2 N–H and O–H groups in total. The SMILES string of the molecule is CN1Cc2cc(O)c(N3CCCN(C4CC4)C3=O)cc2C1.COc1ccc(Cl)c(Sc2cc(C(F)(F)Cl)[nH]c(=O)c2C=O)c1Cl. The van der Waals surface area contributed by atoms with Gasteiger partial charge in [-0.15, -0.1) is 0 Å². The molecular weight excluding hydrogens is 673 g/mol. The average Bonchev–Trinajstić information content (AvgIpc) is 3.76. The number of hydrogen-bond donors (Lipinski definition) is 2. The van der Waals surface area contributed by atoms with E-state index in [1.54, 1.807) is 4.90 Å². The number of carbonyl (C=O) groups is 2. The van der Waals surface area contributed by atoms with Crippen LogP contribution in [0.5, 0.6) is 11.5 Å². The van der Waals surface area contributed by atoms with Crippen LogP contribution in [0.1, 0.15) is 46.4 Å². The van der Waals surface area contributed by atoms with Crippen LogP contribution in [-0.4, -0.2) is 65.5 Å². The molecule has 15 heteroatoms. The van der Waals surface area contributed by atoms with Gasteiger partial charge in [0.05, 0.1) is 33.3 Å². The first kappa shape index (κ1) is 33.3. The summed E-state index contributed by atoms with van der Waals surface area (Å²) in [6.07, 6.45) is 3.47. The number of H-pyrrole nitrogens is 1. The Morgan fingerprint density at radius 3 is 2.42 bits per heavy atom. The van der Waals surface area contributed by atoms with Gasteiger partial charge in [-0.05, 0) is 79.4 Å². The number of hydrogen-bond acceptors (Lipinski definition) is 7. The van der Waals surface area contributed by atoms with Gasteiger partial charge in [0.1, 0.15) is 17.2 Å². The molecule has 9 nitrogen and oxygen atoms in total. The number of carbonyl (C=O) groups excluding carboxylic acids is 2. The summed E-state index contributed by atoms with van der Waals surface area (Å²) in [6, 6.07) is 8.23. The van der Waals surface area contributed by atoms with E-state index in [-0.39, 0.29) is 43.5 Å². The van der Waals surface area contributed by atoms with Crippen LogP contribution in [0.4, 0.5) is 19.3 Å². The predicted molar refractivity (Wildman–Crippen MR) is 170 cm³/mol. The van der Waals surface area contributed by atoms with Crippen LogP contribution < -0.4 is 15.2 Å². The summed E-state index contributed by atoms with van der Waals surface area (Å²) < 4.78 is 31.6. The summed E-state index contributed by atoms with van der Waals surface area (Å²) in [7, 11) is 3.46. The highest BCUT2D eigenvalue weighted by molar-refractivity contribution is 7.99. The molecule has 0 bridgehead atoms. The second kappa shape index (κ2) is 13.4.